The van der Waals surface area contributed by atoms with Gasteiger partial charge in [-0.25, -0.2) is 4.57 Å². The molecular formula is C67H122N2O7P+. The molecule has 0 aromatic carbocycles. The number of unbranched alkanes of at least 4 members (excludes halogenated alkanes) is 29. The van der Waals surface area contributed by atoms with Crippen LogP contribution in [0.25, 0.3) is 0 Å². The maximum atomic E-state index is 13.5. The number of quaternary nitrogens is 1. The minimum Gasteiger partial charge on any atom is -0.456 e. The van der Waals surface area contributed by atoms with Crippen LogP contribution in [0.15, 0.2) is 85.1 Å². The van der Waals surface area contributed by atoms with Crippen molar-refractivity contribution in [3.8, 4) is 0 Å². The van der Waals surface area contributed by atoms with E-state index >= 15 is 0 Å². The number of hydrogen-bond acceptors (Lipinski definition) is 6. The number of phosphoric ester groups is 1. The van der Waals surface area contributed by atoms with Crippen molar-refractivity contribution in [3.05, 3.63) is 85.1 Å². The number of likely N-dealkylation sites (N-methyl/N-ethyl adjacent to an activating group) is 1. The van der Waals surface area contributed by atoms with Gasteiger partial charge in [-0.1, -0.05) is 247 Å². The van der Waals surface area contributed by atoms with Crippen molar-refractivity contribution in [1.82, 2.24) is 5.32 Å². The monoisotopic (exact) mass is 1100 g/mol. The van der Waals surface area contributed by atoms with Gasteiger partial charge < -0.3 is 19.4 Å². The average molecular weight is 1100 g/mol. The molecule has 0 radical (unpaired) electrons. The number of rotatable bonds is 57. The van der Waals surface area contributed by atoms with Crippen LogP contribution in [-0.4, -0.2) is 74.3 Å². The van der Waals surface area contributed by atoms with E-state index in [-0.39, 0.29) is 31.5 Å². The first-order chi connectivity index (χ1) is 37.4. The Balaban J connectivity index is 5.20. The van der Waals surface area contributed by atoms with Gasteiger partial charge in [0.15, 0.2) is 0 Å². The number of carbonyl (C=O) groups is 2. The Kier molecular flexibility index (Phi) is 54.4. The van der Waals surface area contributed by atoms with E-state index in [0.29, 0.717) is 17.4 Å². The molecule has 10 heteroatoms. The summed E-state index contributed by atoms with van der Waals surface area (Å²) in [5.74, 6) is -0.522. The normalized spacial score (nSPS) is 14.2. The number of esters is 1. The zero-order chi connectivity index (χ0) is 56.4. The molecule has 0 aliphatic heterocycles. The van der Waals surface area contributed by atoms with Gasteiger partial charge >= 0.3 is 13.8 Å². The van der Waals surface area contributed by atoms with Crippen LogP contribution in [0.1, 0.15) is 278 Å². The zero-order valence-electron chi connectivity index (χ0n) is 50.9. The van der Waals surface area contributed by atoms with Crippen LogP contribution in [0.5, 0.6) is 0 Å². The first-order valence-corrected chi connectivity index (χ1v) is 33.4. The van der Waals surface area contributed by atoms with Crippen molar-refractivity contribution >= 4 is 19.7 Å². The van der Waals surface area contributed by atoms with E-state index in [4.69, 9.17) is 13.8 Å². The van der Waals surface area contributed by atoms with E-state index in [9.17, 15) is 19.0 Å². The Bertz CT molecular complexity index is 1590. The van der Waals surface area contributed by atoms with Crippen molar-refractivity contribution in [2.24, 2.45) is 0 Å². The molecule has 0 rings (SSSR count). The second kappa shape index (κ2) is 56.5. The number of amides is 1. The molecule has 3 unspecified atom stereocenters. The lowest BCUT2D eigenvalue weighted by atomic mass is 10.1. The lowest BCUT2D eigenvalue weighted by Gasteiger charge is -2.27. The molecule has 77 heavy (non-hydrogen) atoms. The lowest BCUT2D eigenvalue weighted by Crippen LogP contribution is -2.47. The zero-order valence-corrected chi connectivity index (χ0v) is 51.8. The minimum atomic E-state index is -4.45. The van der Waals surface area contributed by atoms with Crippen molar-refractivity contribution in [3.63, 3.8) is 0 Å². The smallest absolute Gasteiger partial charge is 0.456 e. The molecule has 1 amide bonds. The molecular weight excluding hydrogens is 976 g/mol. The first-order valence-electron chi connectivity index (χ1n) is 31.9. The molecule has 446 valence electrons. The van der Waals surface area contributed by atoms with Gasteiger partial charge in [0.25, 0.3) is 0 Å². The number of allylic oxidation sites excluding steroid dienone is 13. The van der Waals surface area contributed by atoms with Crippen LogP contribution in [0.2, 0.25) is 0 Å². The van der Waals surface area contributed by atoms with E-state index in [1.807, 2.05) is 33.3 Å². The van der Waals surface area contributed by atoms with Crippen LogP contribution in [0.4, 0.5) is 0 Å². The Labute approximate surface area is 476 Å². The van der Waals surface area contributed by atoms with Gasteiger partial charge in [-0.05, 0) is 102 Å². The molecule has 0 spiro atoms. The molecule has 0 aliphatic carbocycles. The second-order valence-electron chi connectivity index (χ2n) is 22.5. The Morgan fingerprint density at radius 1 is 0.468 bits per heavy atom. The van der Waals surface area contributed by atoms with Crippen LogP contribution >= 0.6 is 7.82 Å². The van der Waals surface area contributed by atoms with Gasteiger partial charge in [0, 0.05) is 12.8 Å². The molecule has 0 fully saturated rings. The highest BCUT2D eigenvalue weighted by molar-refractivity contribution is 7.47. The Hall–Kier alpha value is -2.81. The summed E-state index contributed by atoms with van der Waals surface area (Å²) in [6.45, 7) is 6.89. The van der Waals surface area contributed by atoms with Gasteiger partial charge in [-0.2, -0.15) is 0 Å². The predicted molar refractivity (Wildman–Crippen MR) is 332 cm³/mol. The molecule has 0 aliphatic rings. The van der Waals surface area contributed by atoms with E-state index in [2.05, 4.69) is 99.0 Å². The summed E-state index contributed by atoms with van der Waals surface area (Å²) >= 11 is 0. The molecule has 0 aromatic heterocycles. The maximum absolute atomic E-state index is 13.5. The third-order valence-electron chi connectivity index (χ3n) is 13.8. The lowest BCUT2D eigenvalue weighted by molar-refractivity contribution is -0.870. The SMILES string of the molecule is CC/C=C\C/C=C\C/C=C\C/C=C\C/C=C\CCCCCCCCCC(=O)OC(/C=C\CCCCCCCCCCC)C(COP(=O)(O)OCC[N+](C)(C)C)NC(=O)CCCCCCCCC/C=C/CCCCCCCC. The topological polar surface area (TPSA) is 111 Å². The summed E-state index contributed by atoms with van der Waals surface area (Å²) in [6.07, 6.45) is 74.3. The average Bonchev–Trinajstić information content (AvgIpc) is 3.39. The third-order valence-corrected chi connectivity index (χ3v) is 14.8. The molecule has 0 saturated heterocycles. The highest BCUT2D eigenvalue weighted by Crippen LogP contribution is 2.43. The highest BCUT2D eigenvalue weighted by Gasteiger charge is 2.30. The van der Waals surface area contributed by atoms with E-state index < -0.39 is 20.0 Å². The number of hydrogen-bond donors (Lipinski definition) is 2. The molecule has 0 heterocycles. The van der Waals surface area contributed by atoms with Gasteiger partial charge in [0.05, 0.1) is 33.8 Å². The summed E-state index contributed by atoms with van der Waals surface area (Å²) < 4.78 is 30.7. The molecule has 0 saturated carbocycles. The van der Waals surface area contributed by atoms with Crippen molar-refractivity contribution in [2.75, 3.05) is 40.9 Å². The maximum Gasteiger partial charge on any atom is 0.472 e. The Morgan fingerprint density at radius 2 is 0.831 bits per heavy atom. The predicted octanol–water partition coefficient (Wildman–Crippen LogP) is 19.8. The Morgan fingerprint density at radius 3 is 1.26 bits per heavy atom. The summed E-state index contributed by atoms with van der Waals surface area (Å²) in [5.41, 5.74) is 0. The largest absolute Gasteiger partial charge is 0.472 e. The van der Waals surface area contributed by atoms with Crippen LogP contribution in [-0.2, 0) is 27.9 Å². The van der Waals surface area contributed by atoms with Gasteiger partial charge in [-0.15, -0.1) is 0 Å². The summed E-state index contributed by atoms with van der Waals surface area (Å²) in [5, 5.41) is 3.05. The van der Waals surface area contributed by atoms with E-state index in [1.54, 1.807) is 0 Å². The summed E-state index contributed by atoms with van der Waals surface area (Å²) in [7, 11) is 1.48. The highest BCUT2D eigenvalue weighted by atomic mass is 31.2. The standard InChI is InChI=1S/C67H121N2O7P/c1-7-10-13-16-19-22-25-27-29-31-32-33-34-35-36-38-40-42-45-48-51-54-57-60-67(71)76-65(58-55-52-49-46-43-24-21-18-15-12-9-3)64(63-75-77(72,73)74-62-61-69(4,5)6)68-66(70)59-56-53-50-47-44-41-39-37-30-28-26-23-20-17-14-11-8-2/h10,13,19,22,27-30,32-33,35-36,55,58,64-65H,7-9,11-12,14-18,20-21,23-26,31,34,37-54,56-57,59-63H2,1-6H3,(H-,68,70,72,73)/p+1/b13-10-,22-19-,29-27-,30-28+,33-32-,36-35-,58-55-. The van der Waals surface area contributed by atoms with Crippen LogP contribution < -0.4 is 5.32 Å². The van der Waals surface area contributed by atoms with Crippen molar-refractivity contribution < 1.29 is 37.3 Å². The number of nitrogens with one attached hydrogen (secondary N) is 1. The fourth-order valence-corrected chi connectivity index (χ4v) is 9.64. The molecule has 3 atom stereocenters. The fourth-order valence-electron chi connectivity index (χ4n) is 8.90. The quantitative estimate of drug-likeness (QED) is 0.0205. The number of ether oxygens (including phenoxy) is 1. The van der Waals surface area contributed by atoms with E-state index in [0.717, 1.165) is 116 Å². The summed E-state index contributed by atoms with van der Waals surface area (Å²) in [4.78, 5) is 37.7. The molecule has 0 bridgehead atoms. The number of carbonyl (C=O) groups excluding carboxylic acids is 2. The fraction of sp³-hybridized carbons (Fsp3) is 0.761. The number of phosphoric acid groups is 1. The summed E-state index contributed by atoms with van der Waals surface area (Å²) in [6, 6.07) is -0.859. The minimum absolute atomic E-state index is 0.0345. The van der Waals surface area contributed by atoms with Crippen molar-refractivity contribution in [1.29, 1.82) is 0 Å². The van der Waals surface area contributed by atoms with Gasteiger partial charge in [0.1, 0.15) is 19.3 Å². The van der Waals surface area contributed by atoms with Crippen molar-refractivity contribution in [2.45, 2.75) is 290 Å². The van der Waals surface area contributed by atoms with Crippen LogP contribution in [0, 0.1) is 0 Å². The second-order valence-corrected chi connectivity index (χ2v) is 24.0. The first kappa shape index (κ1) is 74.2. The number of nitrogens with zero attached hydrogens (tertiary/aromatic N) is 1. The molecule has 9 nitrogen and oxygen atoms in total. The van der Waals surface area contributed by atoms with Gasteiger partial charge in [0.2, 0.25) is 5.91 Å². The molecule has 0 aromatic rings. The van der Waals surface area contributed by atoms with Gasteiger partial charge in [-0.3, -0.25) is 18.6 Å². The van der Waals surface area contributed by atoms with E-state index in [1.165, 1.54) is 128 Å². The molecule has 2 N–H and O–H groups in total. The third kappa shape index (κ3) is 57.7. The van der Waals surface area contributed by atoms with Crippen LogP contribution in [0.3, 0.4) is 0 Å².